The van der Waals surface area contributed by atoms with Crippen molar-refractivity contribution in [2.45, 2.75) is 6.10 Å². The lowest BCUT2D eigenvalue weighted by Gasteiger charge is -2.37. The molecule has 0 radical (unpaired) electrons. The van der Waals surface area contributed by atoms with E-state index in [2.05, 4.69) is 15.9 Å². The van der Waals surface area contributed by atoms with Gasteiger partial charge in [0.2, 0.25) is 0 Å². The predicted octanol–water partition coefficient (Wildman–Crippen LogP) is 3.12. The van der Waals surface area contributed by atoms with Crippen LogP contribution in [0.2, 0.25) is 5.02 Å². The van der Waals surface area contributed by atoms with Crippen LogP contribution in [0.1, 0.15) is 0 Å². The molecule has 2 fully saturated rings. The normalized spacial score (nSPS) is 19.1. The minimum atomic E-state index is -0.362. The highest BCUT2D eigenvalue weighted by atomic mass is 35.5. The van der Waals surface area contributed by atoms with Crippen molar-refractivity contribution in [2.24, 2.45) is 5.84 Å². The van der Waals surface area contributed by atoms with E-state index in [9.17, 15) is 4.79 Å². The zero-order valence-corrected chi connectivity index (χ0v) is 18.1. The van der Waals surface area contributed by atoms with Gasteiger partial charge < -0.3 is 19.5 Å². The number of carbonyl (C=O) groups is 1. The molecule has 0 unspecified atom stereocenters. The lowest BCUT2D eigenvalue weighted by atomic mass is 10.2. The molecule has 2 aliphatic rings. The van der Waals surface area contributed by atoms with Crippen LogP contribution in [0.5, 0.6) is 0 Å². The third kappa shape index (κ3) is 4.45. The van der Waals surface area contributed by atoms with Gasteiger partial charge in [-0.05, 0) is 36.4 Å². The fraction of sp³-hybridized carbons (Fsp3) is 0.333. The Morgan fingerprint density at radius 2 is 1.70 bits per heavy atom. The summed E-state index contributed by atoms with van der Waals surface area (Å²) in [5.41, 5.74) is 4.37. The average molecular weight is 446 g/mol. The van der Waals surface area contributed by atoms with Gasteiger partial charge >= 0.3 is 6.09 Å². The zero-order valence-electron chi connectivity index (χ0n) is 16.5. The number of hydrazine groups is 1. The van der Waals surface area contributed by atoms with Gasteiger partial charge in [0, 0.05) is 37.6 Å². The molecule has 30 heavy (non-hydrogen) atoms. The molecule has 4 rings (SSSR count). The smallest absolute Gasteiger partial charge is 0.414 e. The molecular weight excluding hydrogens is 422 g/mol. The van der Waals surface area contributed by atoms with Crippen molar-refractivity contribution in [3.63, 3.8) is 0 Å². The third-order valence-corrected chi connectivity index (χ3v) is 6.01. The quantitative estimate of drug-likeness (QED) is 0.416. The summed E-state index contributed by atoms with van der Waals surface area (Å²) in [7, 11) is 0. The number of hydrogen-bond acceptors (Lipinski definition) is 6. The molecule has 2 aliphatic heterocycles. The Kier molecular flexibility index (Phi) is 6.26. The van der Waals surface area contributed by atoms with Gasteiger partial charge in [-0.3, -0.25) is 4.90 Å². The van der Waals surface area contributed by atoms with Gasteiger partial charge in [0.25, 0.3) is 0 Å². The van der Waals surface area contributed by atoms with E-state index >= 15 is 0 Å². The monoisotopic (exact) mass is 445 g/mol. The van der Waals surface area contributed by atoms with E-state index < -0.39 is 0 Å². The number of hydrogen-bond donors (Lipinski definition) is 1. The molecule has 2 aromatic carbocycles. The first kappa shape index (κ1) is 20.7. The first-order chi connectivity index (χ1) is 14.5. The van der Waals surface area contributed by atoms with Crippen molar-refractivity contribution in [1.29, 1.82) is 0 Å². The maximum atomic E-state index is 12.2. The Morgan fingerprint density at radius 3 is 2.37 bits per heavy atom. The number of nitrogens with zero attached hydrogens (tertiary/aromatic N) is 4. The molecule has 0 saturated carbocycles. The number of piperazine rings is 1. The number of anilines is 3. The summed E-state index contributed by atoms with van der Waals surface area (Å²) in [6.07, 6.45) is -0.668. The Bertz CT molecular complexity index is 905. The second-order valence-corrected chi connectivity index (χ2v) is 7.98. The van der Waals surface area contributed by atoms with Crippen molar-refractivity contribution in [2.75, 3.05) is 54.0 Å². The van der Waals surface area contributed by atoms with Gasteiger partial charge in [-0.25, -0.2) is 10.6 Å². The molecule has 0 bridgehead atoms. The number of amides is 1. The number of carbonyl (C=O) groups excluding carboxylic acids is 1. The minimum absolute atomic E-state index is 0.306. The van der Waals surface area contributed by atoms with Gasteiger partial charge in [0.1, 0.15) is 6.10 Å². The van der Waals surface area contributed by atoms with Crippen molar-refractivity contribution in [3.8, 4) is 0 Å². The second-order valence-electron chi connectivity index (χ2n) is 7.36. The van der Waals surface area contributed by atoms with Crippen molar-refractivity contribution >= 4 is 52.5 Å². The number of ether oxygens (including phenoxy) is 1. The number of halogens is 1. The van der Waals surface area contributed by atoms with E-state index in [0.717, 1.165) is 48.3 Å². The van der Waals surface area contributed by atoms with Crippen LogP contribution in [0.25, 0.3) is 0 Å². The summed E-state index contributed by atoms with van der Waals surface area (Å²) >= 11 is 11.1. The van der Waals surface area contributed by atoms with Crippen LogP contribution in [-0.2, 0) is 4.74 Å². The summed E-state index contributed by atoms with van der Waals surface area (Å²) in [5, 5.41) is 2.14. The van der Waals surface area contributed by atoms with Crippen LogP contribution in [0.4, 0.5) is 21.9 Å². The van der Waals surface area contributed by atoms with E-state index in [1.54, 1.807) is 4.90 Å². The Morgan fingerprint density at radius 1 is 1.07 bits per heavy atom. The Hall–Kier alpha value is -2.55. The predicted molar refractivity (Wildman–Crippen MR) is 124 cm³/mol. The molecule has 2 aromatic rings. The highest BCUT2D eigenvalue weighted by Gasteiger charge is 2.33. The summed E-state index contributed by atoms with van der Waals surface area (Å²) < 4.78 is 5.38. The van der Waals surface area contributed by atoms with Gasteiger partial charge in [-0.1, -0.05) is 36.0 Å². The van der Waals surface area contributed by atoms with Gasteiger partial charge in [0.15, 0.2) is 0 Å². The molecular formula is C21H24ClN5O2S. The molecule has 0 aromatic heterocycles. The molecule has 7 nitrogen and oxygen atoms in total. The van der Waals surface area contributed by atoms with E-state index in [1.807, 2.05) is 42.5 Å². The number of cyclic esters (lactones) is 1. The summed E-state index contributed by atoms with van der Waals surface area (Å²) in [4.78, 5) is 18.5. The first-order valence-corrected chi connectivity index (χ1v) is 10.7. The molecule has 0 spiro atoms. The molecule has 2 heterocycles. The standard InChI is InChI=1S/C21H24ClN5O2S/c22-19-3-1-2-4-20(19)25-11-9-24(10-12-25)16-5-7-17(8-6-16)27-14-18(29-21(27)28)13-26(23)15-30/h1-8,15,18H,9-14,23H2/t18-/m0/s1. The Labute approximate surface area is 186 Å². The van der Waals surface area contributed by atoms with Crippen LogP contribution in [0.15, 0.2) is 48.5 Å². The maximum absolute atomic E-state index is 12.2. The van der Waals surface area contributed by atoms with E-state index in [0.29, 0.717) is 13.1 Å². The lowest BCUT2D eigenvalue weighted by molar-refractivity contribution is 0.127. The van der Waals surface area contributed by atoms with Crippen LogP contribution in [-0.4, -0.2) is 62.0 Å². The Balaban J connectivity index is 1.36. The number of thiocarbonyl (C=S) groups is 1. The second kappa shape index (κ2) is 9.07. The first-order valence-electron chi connectivity index (χ1n) is 9.84. The fourth-order valence-electron chi connectivity index (χ4n) is 3.86. The van der Waals surface area contributed by atoms with Crippen LogP contribution < -0.4 is 20.5 Å². The molecule has 9 heteroatoms. The van der Waals surface area contributed by atoms with Gasteiger partial charge in [-0.15, -0.1) is 0 Å². The van der Waals surface area contributed by atoms with Crippen molar-refractivity contribution < 1.29 is 9.53 Å². The highest BCUT2D eigenvalue weighted by Crippen LogP contribution is 2.29. The largest absolute Gasteiger partial charge is 0.442 e. The van der Waals surface area contributed by atoms with E-state index in [1.165, 1.54) is 10.5 Å². The molecule has 2 N–H and O–H groups in total. The van der Waals surface area contributed by atoms with Gasteiger partial charge in [-0.2, -0.15) is 0 Å². The van der Waals surface area contributed by atoms with Crippen molar-refractivity contribution in [1.82, 2.24) is 5.01 Å². The number of rotatable bonds is 6. The topological polar surface area (TPSA) is 65.3 Å². The maximum Gasteiger partial charge on any atom is 0.414 e. The molecule has 2 saturated heterocycles. The molecule has 158 valence electrons. The number of benzene rings is 2. The third-order valence-electron chi connectivity index (χ3n) is 5.42. The van der Waals surface area contributed by atoms with Crippen molar-refractivity contribution in [3.05, 3.63) is 53.6 Å². The zero-order chi connectivity index (χ0) is 21.1. The van der Waals surface area contributed by atoms with E-state index in [-0.39, 0.29) is 12.2 Å². The highest BCUT2D eigenvalue weighted by molar-refractivity contribution is 7.78. The SMILES string of the molecule is NN(C=S)C[C@H]1CN(c2ccc(N3CCN(c4ccccc4Cl)CC3)cc2)C(=O)O1. The molecule has 1 amide bonds. The lowest BCUT2D eigenvalue weighted by Crippen LogP contribution is -2.46. The fourth-order valence-corrected chi connectivity index (χ4v) is 4.20. The van der Waals surface area contributed by atoms with Crippen LogP contribution in [0.3, 0.4) is 0 Å². The summed E-state index contributed by atoms with van der Waals surface area (Å²) in [5.74, 6) is 5.69. The van der Waals surface area contributed by atoms with Crippen LogP contribution >= 0.6 is 23.8 Å². The van der Waals surface area contributed by atoms with E-state index in [4.69, 9.17) is 34.4 Å². The summed E-state index contributed by atoms with van der Waals surface area (Å²) in [6, 6.07) is 16.0. The van der Waals surface area contributed by atoms with Crippen LogP contribution in [0, 0.1) is 0 Å². The van der Waals surface area contributed by atoms with Gasteiger partial charge in [0.05, 0.1) is 29.3 Å². The number of nitrogens with two attached hydrogens (primary N) is 1. The summed E-state index contributed by atoms with van der Waals surface area (Å²) in [6.45, 7) is 4.44. The average Bonchev–Trinajstić information content (AvgIpc) is 3.14. The molecule has 1 atom stereocenters. The number of para-hydroxylation sites is 1. The minimum Gasteiger partial charge on any atom is -0.442 e. The molecule has 0 aliphatic carbocycles.